The maximum atomic E-state index is 11.6. The predicted octanol–water partition coefficient (Wildman–Crippen LogP) is 3.25. The molecule has 0 aromatic heterocycles. The highest BCUT2D eigenvalue weighted by Gasteiger charge is 2.12. The summed E-state index contributed by atoms with van der Waals surface area (Å²) < 4.78 is 0. The topological polar surface area (TPSA) is 104 Å². The van der Waals surface area contributed by atoms with Gasteiger partial charge in [0.15, 0.2) is 0 Å². The van der Waals surface area contributed by atoms with Crippen LogP contribution in [0.2, 0.25) is 0 Å². The lowest BCUT2D eigenvalue weighted by Gasteiger charge is -2.12. The molecule has 1 amide bonds. The monoisotopic (exact) mass is 281 g/mol. The van der Waals surface area contributed by atoms with Crippen LogP contribution in [0, 0.1) is 5.92 Å². The second-order valence-corrected chi connectivity index (χ2v) is 5.30. The fraction of sp³-hybridized carbons (Fsp3) is 0.786. The number of rotatable bonds is 11. The van der Waals surface area contributed by atoms with E-state index in [0.29, 0.717) is 18.9 Å². The molecule has 0 fully saturated rings. The predicted molar refractivity (Wildman–Crippen MR) is 81.8 cm³/mol. The number of amides is 1. The van der Waals surface area contributed by atoms with Crippen molar-refractivity contribution in [2.45, 2.75) is 58.4 Å². The van der Waals surface area contributed by atoms with E-state index in [0.717, 1.165) is 32.1 Å². The molecule has 0 saturated heterocycles. The van der Waals surface area contributed by atoms with Gasteiger partial charge in [0.25, 0.3) is 0 Å². The van der Waals surface area contributed by atoms with Crippen LogP contribution in [0.25, 0.3) is 10.4 Å². The van der Waals surface area contributed by atoms with Gasteiger partial charge in [-0.2, -0.15) is 0 Å². The first-order valence-corrected chi connectivity index (χ1v) is 7.29. The Labute approximate surface area is 121 Å². The first-order valence-electron chi connectivity index (χ1n) is 7.29. The van der Waals surface area contributed by atoms with E-state index in [4.69, 9.17) is 11.3 Å². The van der Waals surface area contributed by atoms with Crippen LogP contribution in [0.3, 0.4) is 0 Å². The molecule has 6 nitrogen and oxygen atoms in total. The van der Waals surface area contributed by atoms with E-state index in [1.165, 1.54) is 0 Å². The fourth-order valence-electron chi connectivity index (χ4n) is 1.79. The molecule has 0 aliphatic carbocycles. The molecule has 0 unspecified atom stereocenters. The minimum atomic E-state index is -0.430. The first kappa shape index (κ1) is 18.5. The van der Waals surface area contributed by atoms with Gasteiger partial charge in [-0.3, -0.25) is 4.79 Å². The second kappa shape index (κ2) is 12.5. The van der Waals surface area contributed by atoms with Crippen molar-refractivity contribution in [3.05, 3.63) is 22.7 Å². The van der Waals surface area contributed by atoms with Gasteiger partial charge < -0.3 is 11.1 Å². The minimum absolute atomic E-state index is 0.121. The standard InChI is InChI=1S/C14H27N5O/c1-12(2)11-13(15)14(20)17-9-7-5-3-4-6-8-10-18-19-16/h7,9,12-13H,3-6,8,10-11,15H2,1-2H3,(H,17,20)/b9-7+/t13-/m0/s1. The summed E-state index contributed by atoms with van der Waals surface area (Å²) in [6.45, 7) is 4.67. The Morgan fingerprint density at radius 2 is 2.05 bits per heavy atom. The Hall–Kier alpha value is -1.52. The molecule has 1 atom stereocenters. The van der Waals surface area contributed by atoms with Crippen LogP contribution >= 0.6 is 0 Å². The van der Waals surface area contributed by atoms with Crippen LogP contribution in [0.5, 0.6) is 0 Å². The van der Waals surface area contributed by atoms with E-state index < -0.39 is 6.04 Å². The van der Waals surface area contributed by atoms with Crippen molar-refractivity contribution in [3.63, 3.8) is 0 Å². The molecule has 0 aromatic rings. The molecule has 20 heavy (non-hydrogen) atoms. The summed E-state index contributed by atoms with van der Waals surface area (Å²) in [5.41, 5.74) is 13.9. The number of hydrogen-bond acceptors (Lipinski definition) is 3. The van der Waals surface area contributed by atoms with Gasteiger partial charge in [-0.15, -0.1) is 0 Å². The number of hydrogen-bond donors (Lipinski definition) is 2. The number of nitrogens with two attached hydrogens (primary N) is 1. The Morgan fingerprint density at radius 1 is 1.35 bits per heavy atom. The van der Waals surface area contributed by atoms with Crippen LogP contribution in [-0.4, -0.2) is 18.5 Å². The summed E-state index contributed by atoms with van der Waals surface area (Å²) in [6.07, 6.45) is 9.45. The van der Waals surface area contributed by atoms with Crippen LogP contribution in [0.4, 0.5) is 0 Å². The third-order valence-electron chi connectivity index (χ3n) is 2.85. The number of carbonyl (C=O) groups is 1. The molecule has 6 heteroatoms. The quantitative estimate of drug-likeness (QED) is 0.262. The number of carbonyl (C=O) groups excluding carboxylic acids is 1. The summed E-state index contributed by atoms with van der Waals surface area (Å²) in [5.74, 6) is 0.300. The highest BCUT2D eigenvalue weighted by Crippen LogP contribution is 2.04. The van der Waals surface area contributed by atoms with E-state index in [2.05, 4.69) is 15.3 Å². The molecule has 0 saturated carbocycles. The summed E-state index contributed by atoms with van der Waals surface area (Å²) in [4.78, 5) is 14.3. The molecule has 0 aromatic carbocycles. The molecule has 0 rings (SSSR count). The number of nitrogens with zero attached hydrogens (tertiary/aromatic N) is 3. The third-order valence-corrected chi connectivity index (χ3v) is 2.85. The minimum Gasteiger partial charge on any atom is -0.332 e. The zero-order chi connectivity index (χ0) is 15.2. The Bertz CT molecular complexity index is 334. The summed E-state index contributed by atoms with van der Waals surface area (Å²) in [6, 6.07) is -0.430. The third kappa shape index (κ3) is 11.6. The van der Waals surface area contributed by atoms with Gasteiger partial charge in [0.05, 0.1) is 6.04 Å². The van der Waals surface area contributed by atoms with Crippen LogP contribution in [0.15, 0.2) is 17.4 Å². The summed E-state index contributed by atoms with van der Waals surface area (Å²) >= 11 is 0. The van der Waals surface area contributed by atoms with Gasteiger partial charge in [-0.25, -0.2) is 0 Å². The van der Waals surface area contributed by atoms with Crippen molar-refractivity contribution in [2.24, 2.45) is 16.8 Å². The lowest BCUT2D eigenvalue weighted by Crippen LogP contribution is -2.39. The van der Waals surface area contributed by atoms with Gasteiger partial charge in [0.2, 0.25) is 5.91 Å². The first-order chi connectivity index (χ1) is 9.57. The smallest absolute Gasteiger partial charge is 0.240 e. The zero-order valence-electron chi connectivity index (χ0n) is 12.6. The molecule has 0 spiro atoms. The van der Waals surface area contributed by atoms with E-state index in [1.54, 1.807) is 6.20 Å². The van der Waals surface area contributed by atoms with E-state index in [-0.39, 0.29) is 5.91 Å². The van der Waals surface area contributed by atoms with Crippen molar-refractivity contribution in [3.8, 4) is 0 Å². The average molecular weight is 281 g/mol. The molecule has 0 aliphatic heterocycles. The van der Waals surface area contributed by atoms with Crippen LogP contribution in [0.1, 0.15) is 52.4 Å². The number of allylic oxidation sites excluding steroid dienone is 1. The van der Waals surface area contributed by atoms with E-state index >= 15 is 0 Å². The summed E-state index contributed by atoms with van der Waals surface area (Å²) in [7, 11) is 0. The van der Waals surface area contributed by atoms with Gasteiger partial charge in [0.1, 0.15) is 0 Å². The molecular formula is C14H27N5O. The van der Waals surface area contributed by atoms with E-state index in [1.807, 2.05) is 19.9 Å². The SMILES string of the molecule is CC(C)C[C@H](N)C(=O)N/C=C/CCCCCCN=[N+]=[N-]. The van der Waals surface area contributed by atoms with Crippen molar-refractivity contribution < 1.29 is 4.79 Å². The average Bonchev–Trinajstić information content (AvgIpc) is 2.39. The fourth-order valence-corrected chi connectivity index (χ4v) is 1.79. The van der Waals surface area contributed by atoms with Gasteiger partial charge in [-0.05, 0) is 43.3 Å². The number of azide groups is 1. The van der Waals surface area contributed by atoms with Crippen molar-refractivity contribution in [2.75, 3.05) is 6.54 Å². The van der Waals surface area contributed by atoms with Crippen molar-refractivity contribution >= 4 is 5.91 Å². The van der Waals surface area contributed by atoms with Crippen LogP contribution in [-0.2, 0) is 4.79 Å². The Kier molecular flexibility index (Phi) is 11.6. The molecular weight excluding hydrogens is 254 g/mol. The maximum Gasteiger partial charge on any atom is 0.240 e. The lowest BCUT2D eigenvalue weighted by molar-refractivity contribution is -0.121. The molecule has 0 bridgehead atoms. The highest BCUT2D eigenvalue weighted by atomic mass is 16.2. The van der Waals surface area contributed by atoms with Gasteiger partial charge in [-0.1, -0.05) is 37.9 Å². The number of nitrogens with one attached hydrogen (secondary N) is 1. The Morgan fingerprint density at radius 3 is 2.70 bits per heavy atom. The summed E-state index contributed by atoms with van der Waals surface area (Å²) in [5, 5.41) is 6.19. The Balaban J connectivity index is 3.52. The lowest BCUT2D eigenvalue weighted by atomic mass is 10.0. The molecule has 114 valence electrons. The van der Waals surface area contributed by atoms with Gasteiger partial charge in [0, 0.05) is 11.5 Å². The molecule has 0 aliphatic rings. The molecule has 0 radical (unpaired) electrons. The highest BCUT2D eigenvalue weighted by molar-refractivity contribution is 5.82. The van der Waals surface area contributed by atoms with E-state index in [9.17, 15) is 4.79 Å². The van der Waals surface area contributed by atoms with Crippen molar-refractivity contribution in [1.82, 2.24) is 5.32 Å². The van der Waals surface area contributed by atoms with Crippen molar-refractivity contribution in [1.29, 1.82) is 0 Å². The second-order valence-electron chi connectivity index (χ2n) is 5.30. The van der Waals surface area contributed by atoms with Gasteiger partial charge >= 0.3 is 0 Å². The molecule has 0 heterocycles. The zero-order valence-corrected chi connectivity index (χ0v) is 12.6. The maximum absolute atomic E-state index is 11.6. The number of unbranched alkanes of at least 4 members (excludes halogenated alkanes) is 4. The normalized spacial score (nSPS) is 12.4. The largest absolute Gasteiger partial charge is 0.332 e. The van der Waals surface area contributed by atoms with Crippen LogP contribution < -0.4 is 11.1 Å². The molecule has 3 N–H and O–H groups in total.